The van der Waals surface area contributed by atoms with E-state index in [1.54, 1.807) is 18.0 Å². The molecule has 0 fully saturated rings. The molecule has 1 heterocycles. The molecule has 0 saturated carbocycles. The lowest BCUT2D eigenvalue weighted by Gasteiger charge is -2.20. The van der Waals surface area contributed by atoms with Crippen molar-refractivity contribution in [2.24, 2.45) is 0 Å². The zero-order valence-electron chi connectivity index (χ0n) is 16.5. The van der Waals surface area contributed by atoms with Gasteiger partial charge < -0.3 is 9.67 Å². The van der Waals surface area contributed by atoms with Crippen molar-refractivity contribution in [3.63, 3.8) is 0 Å². The SMILES string of the molecule is C[C@@H](c1ccccc1)n1c(CO)cnc1SCc1ccc(C(C)(C)C)cc1. The van der Waals surface area contributed by atoms with E-state index in [0.717, 1.165) is 16.6 Å². The topological polar surface area (TPSA) is 38.0 Å². The summed E-state index contributed by atoms with van der Waals surface area (Å²) in [4.78, 5) is 4.57. The summed E-state index contributed by atoms with van der Waals surface area (Å²) in [6.45, 7) is 8.84. The summed E-state index contributed by atoms with van der Waals surface area (Å²) >= 11 is 1.71. The van der Waals surface area contributed by atoms with Gasteiger partial charge in [-0.2, -0.15) is 0 Å². The van der Waals surface area contributed by atoms with Crippen LogP contribution in [0, 0.1) is 0 Å². The fourth-order valence-corrected chi connectivity index (χ4v) is 4.17. The van der Waals surface area contributed by atoms with Gasteiger partial charge in [0.1, 0.15) is 0 Å². The predicted octanol–water partition coefficient (Wildman–Crippen LogP) is 5.57. The highest BCUT2D eigenvalue weighted by atomic mass is 32.2. The first-order chi connectivity index (χ1) is 12.9. The van der Waals surface area contributed by atoms with Crippen LogP contribution in [-0.4, -0.2) is 14.7 Å². The van der Waals surface area contributed by atoms with E-state index in [0.29, 0.717) is 0 Å². The number of imidazole rings is 1. The first kappa shape index (κ1) is 19.7. The third-order valence-electron chi connectivity index (χ3n) is 4.86. The fourth-order valence-electron chi connectivity index (χ4n) is 3.14. The molecule has 0 unspecified atom stereocenters. The lowest BCUT2D eigenvalue weighted by atomic mass is 9.87. The Morgan fingerprint density at radius 2 is 1.70 bits per heavy atom. The number of aromatic nitrogens is 2. The molecule has 0 radical (unpaired) electrons. The summed E-state index contributed by atoms with van der Waals surface area (Å²) < 4.78 is 2.14. The van der Waals surface area contributed by atoms with Gasteiger partial charge in [0.15, 0.2) is 5.16 Å². The Morgan fingerprint density at radius 1 is 1.04 bits per heavy atom. The van der Waals surface area contributed by atoms with Gasteiger partial charge in [0.2, 0.25) is 0 Å². The Balaban J connectivity index is 1.79. The number of aliphatic hydroxyl groups excluding tert-OH is 1. The van der Waals surface area contributed by atoms with Crippen molar-refractivity contribution in [3.05, 3.63) is 83.2 Å². The molecule has 3 rings (SSSR count). The van der Waals surface area contributed by atoms with E-state index in [-0.39, 0.29) is 18.1 Å². The van der Waals surface area contributed by atoms with Crippen LogP contribution in [-0.2, 0) is 17.8 Å². The lowest BCUT2D eigenvalue weighted by molar-refractivity contribution is 0.267. The molecule has 1 N–H and O–H groups in total. The first-order valence-electron chi connectivity index (χ1n) is 9.34. The van der Waals surface area contributed by atoms with Crippen LogP contribution >= 0.6 is 11.8 Å². The quantitative estimate of drug-likeness (QED) is 0.568. The molecule has 0 saturated heterocycles. The predicted molar refractivity (Wildman–Crippen MR) is 113 cm³/mol. The zero-order chi connectivity index (χ0) is 19.4. The van der Waals surface area contributed by atoms with E-state index in [1.165, 1.54) is 16.7 Å². The van der Waals surface area contributed by atoms with Crippen LogP contribution in [0.5, 0.6) is 0 Å². The molecule has 142 valence electrons. The van der Waals surface area contributed by atoms with Crippen molar-refractivity contribution in [1.29, 1.82) is 0 Å². The number of thioether (sulfide) groups is 1. The smallest absolute Gasteiger partial charge is 0.169 e. The summed E-state index contributed by atoms with van der Waals surface area (Å²) in [5, 5.41) is 10.7. The van der Waals surface area contributed by atoms with Crippen LogP contribution in [0.2, 0.25) is 0 Å². The molecular formula is C23H28N2OS. The van der Waals surface area contributed by atoms with Crippen LogP contribution in [0.15, 0.2) is 66.0 Å². The van der Waals surface area contributed by atoms with Gasteiger partial charge in [-0.3, -0.25) is 0 Å². The Kier molecular flexibility index (Phi) is 6.08. The number of hydrogen-bond donors (Lipinski definition) is 1. The summed E-state index contributed by atoms with van der Waals surface area (Å²) in [6, 6.07) is 19.3. The zero-order valence-corrected chi connectivity index (χ0v) is 17.3. The van der Waals surface area contributed by atoms with Crippen LogP contribution in [0.4, 0.5) is 0 Å². The molecule has 1 atom stereocenters. The van der Waals surface area contributed by atoms with Gasteiger partial charge in [-0.15, -0.1) is 0 Å². The van der Waals surface area contributed by atoms with Gasteiger partial charge in [0.25, 0.3) is 0 Å². The van der Waals surface area contributed by atoms with Gasteiger partial charge in [0.05, 0.1) is 24.5 Å². The maximum atomic E-state index is 9.75. The first-order valence-corrected chi connectivity index (χ1v) is 10.3. The minimum atomic E-state index is -0.00892. The molecule has 3 nitrogen and oxygen atoms in total. The number of hydrogen-bond acceptors (Lipinski definition) is 3. The molecule has 0 aliphatic heterocycles. The number of rotatable bonds is 6. The number of benzene rings is 2. The van der Waals surface area contributed by atoms with Gasteiger partial charge in [0, 0.05) is 5.75 Å². The maximum absolute atomic E-state index is 9.75. The fraction of sp³-hybridized carbons (Fsp3) is 0.348. The summed E-state index contributed by atoms with van der Waals surface area (Å²) in [5.41, 5.74) is 4.85. The van der Waals surface area contributed by atoms with E-state index in [4.69, 9.17) is 0 Å². The third-order valence-corrected chi connectivity index (χ3v) is 5.90. The minimum Gasteiger partial charge on any atom is -0.390 e. The Morgan fingerprint density at radius 3 is 2.30 bits per heavy atom. The molecular weight excluding hydrogens is 352 g/mol. The van der Waals surface area contributed by atoms with Crippen LogP contribution in [0.1, 0.15) is 56.1 Å². The summed E-state index contributed by atoms with van der Waals surface area (Å²) in [7, 11) is 0. The average Bonchev–Trinajstić information content (AvgIpc) is 3.09. The molecule has 27 heavy (non-hydrogen) atoms. The van der Waals surface area contributed by atoms with Crippen LogP contribution < -0.4 is 0 Å². The third kappa shape index (κ3) is 4.63. The molecule has 1 aromatic heterocycles. The molecule has 0 aliphatic carbocycles. The van der Waals surface area contributed by atoms with Crippen molar-refractivity contribution >= 4 is 11.8 Å². The molecule has 0 bridgehead atoms. The standard InChI is InChI=1S/C23H28N2OS/c1-17(19-8-6-5-7-9-19)25-21(15-26)14-24-22(25)27-16-18-10-12-20(13-11-18)23(2,3)4/h5-14,17,26H,15-16H2,1-4H3/t17-/m0/s1. The van der Waals surface area contributed by atoms with Gasteiger partial charge in [-0.25, -0.2) is 4.98 Å². The molecule has 2 aromatic carbocycles. The van der Waals surface area contributed by atoms with Crippen molar-refractivity contribution in [2.75, 3.05) is 0 Å². The highest BCUT2D eigenvalue weighted by molar-refractivity contribution is 7.98. The second kappa shape index (κ2) is 8.32. The molecule has 4 heteroatoms. The van der Waals surface area contributed by atoms with Crippen molar-refractivity contribution in [2.45, 2.75) is 56.7 Å². The highest BCUT2D eigenvalue weighted by Gasteiger charge is 2.17. The number of aliphatic hydroxyl groups is 1. The van der Waals surface area contributed by atoms with E-state index in [2.05, 4.69) is 73.6 Å². The molecule has 0 aliphatic rings. The lowest BCUT2D eigenvalue weighted by Crippen LogP contribution is -2.12. The molecule has 3 aromatic rings. The largest absolute Gasteiger partial charge is 0.390 e. The molecule has 0 amide bonds. The van der Waals surface area contributed by atoms with Crippen molar-refractivity contribution < 1.29 is 5.11 Å². The van der Waals surface area contributed by atoms with Gasteiger partial charge in [-0.1, -0.05) is 87.1 Å². The Hall–Kier alpha value is -2.04. The van der Waals surface area contributed by atoms with Crippen molar-refractivity contribution in [3.8, 4) is 0 Å². The van der Waals surface area contributed by atoms with E-state index < -0.39 is 0 Å². The van der Waals surface area contributed by atoms with Crippen LogP contribution in [0.25, 0.3) is 0 Å². The monoisotopic (exact) mass is 380 g/mol. The molecule has 0 spiro atoms. The Bertz CT molecular complexity index is 864. The normalized spacial score (nSPS) is 12.9. The second-order valence-corrected chi connectivity index (χ2v) is 8.82. The van der Waals surface area contributed by atoms with Crippen LogP contribution in [0.3, 0.4) is 0 Å². The maximum Gasteiger partial charge on any atom is 0.169 e. The van der Waals surface area contributed by atoms with E-state index >= 15 is 0 Å². The van der Waals surface area contributed by atoms with Gasteiger partial charge >= 0.3 is 0 Å². The summed E-state index contributed by atoms with van der Waals surface area (Å²) in [6.07, 6.45) is 1.78. The van der Waals surface area contributed by atoms with E-state index in [9.17, 15) is 5.11 Å². The minimum absolute atomic E-state index is 0.00892. The average molecular weight is 381 g/mol. The van der Waals surface area contributed by atoms with Gasteiger partial charge in [-0.05, 0) is 29.0 Å². The number of nitrogens with zero attached hydrogens (tertiary/aromatic N) is 2. The highest BCUT2D eigenvalue weighted by Crippen LogP contribution is 2.30. The second-order valence-electron chi connectivity index (χ2n) is 7.88. The van der Waals surface area contributed by atoms with Crippen molar-refractivity contribution in [1.82, 2.24) is 9.55 Å². The van der Waals surface area contributed by atoms with E-state index in [1.807, 2.05) is 18.2 Å². The Labute approximate surface area is 166 Å². The summed E-state index contributed by atoms with van der Waals surface area (Å²) in [5.74, 6) is 0.855.